The maximum absolute atomic E-state index is 12.8. The van der Waals surface area contributed by atoms with Gasteiger partial charge in [-0.05, 0) is 24.1 Å². The summed E-state index contributed by atoms with van der Waals surface area (Å²) in [5, 5.41) is -0.139. The van der Waals surface area contributed by atoms with Crippen molar-refractivity contribution in [1.29, 1.82) is 0 Å². The van der Waals surface area contributed by atoms with E-state index in [9.17, 15) is 17.6 Å². The van der Waals surface area contributed by atoms with Crippen LogP contribution in [0.4, 0.5) is 17.6 Å². The van der Waals surface area contributed by atoms with E-state index in [0.717, 1.165) is 6.07 Å². The molecule has 1 aromatic rings. The lowest BCUT2D eigenvalue weighted by Crippen LogP contribution is -2.15. The van der Waals surface area contributed by atoms with Crippen molar-refractivity contribution in [2.24, 2.45) is 5.73 Å². The fourth-order valence-electron chi connectivity index (χ4n) is 1.23. The first-order chi connectivity index (χ1) is 7.29. The van der Waals surface area contributed by atoms with Crippen molar-refractivity contribution in [3.63, 3.8) is 0 Å². The molecule has 90 valence electrons. The van der Waals surface area contributed by atoms with Crippen LogP contribution in [0.25, 0.3) is 0 Å². The first kappa shape index (κ1) is 13.3. The minimum Gasteiger partial charge on any atom is -0.324 e. The molecule has 0 amide bonds. The summed E-state index contributed by atoms with van der Waals surface area (Å²) in [5.41, 5.74) is 5.94. The Morgan fingerprint density at radius 2 is 1.94 bits per heavy atom. The second kappa shape index (κ2) is 5.01. The van der Waals surface area contributed by atoms with Crippen LogP contribution in [0, 0.1) is 5.82 Å². The molecule has 0 aromatic heterocycles. The van der Waals surface area contributed by atoms with Crippen molar-refractivity contribution in [3.05, 3.63) is 34.6 Å². The van der Waals surface area contributed by atoms with Gasteiger partial charge in [-0.1, -0.05) is 17.7 Å². The van der Waals surface area contributed by atoms with Gasteiger partial charge in [0.1, 0.15) is 5.82 Å². The van der Waals surface area contributed by atoms with Crippen LogP contribution in [0.15, 0.2) is 18.2 Å². The zero-order chi connectivity index (χ0) is 12.3. The van der Waals surface area contributed by atoms with E-state index >= 15 is 0 Å². The molecule has 0 saturated heterocycles. The smallest absolute Gasteiger partial charge is 0.324 e. The van der Waals surface area contributed by atoms with E-state index in [1.807, 2.05) is 0 Å². The van der Waals surface area contributed by atoms with E-state index in [2.05, 4.69) is 0 Å². The van der Waals surface area contributed by atoms with Crippen molar-refractivity contribution < 1.29 is 17.6 Å². The van der Waals surface area contributed by atoms with Crippen molar-refractivity contribution in [2.75, 3.05) is 0 Å². The van der Waals surface area contributed by atoms with E-state index in [1.165, 1.54) is 12.1 Å². The summed E-state index contributed by atoms with van der Waals surface area (Å²) in [7, 11) is 0. The highest BCUT2D eigenvalue weighted by atomic mass is 35.5. The third-order valence-electron chi connectivity index (χ3n) is 2.11. The summed E-state index contributed by atoms with van der Waals surface area (Å²) in [6.07, 6.45) is -5.45. The Morgan fingerprint density at radius 1 is 1.31 bits per heavy atom. The van der Waals surface area contributed by atoms with Gasteiger partial charge in [0.2, 0.25) is 0 Å². The first-order valence-corrected chi connectivity index (χ1v) is 4.94. The normalized spacial score (nSPS) is 13.9. The van der Waals surface area contributed by atoms with Crippen molar-refractivity contribution in [3.8, 4) is 0 Å². The van der Waals surface area contributed by atoms with Gasteiger partial charge in [0.25, 0.3) is 0 Å². The SMILES string of the molecule is N[C@H](CCC(F)(F)F)c1ccc(F)c(Cl)c1. The number of halogens is 5. The minimum atomic E-state index is -4.23. The number of benzene rings is 1. The number of alkyl halides is 3. The van der Waals surface area contributed by atoms with Gasteiger partial charge in [0.15, 0.2) is 0 Å². The monoisotopic (exact) mass is 255 g/mol. The van der Waals surface area contributed by atoms with Gasteiger partial charge in [-0.2, -0.15) is 13.2 Å². The highest BCUT2D eigenvalue weighted by Gasteiger charge is 2.27. The lowest BCUT2D eigenvalue weighted by Gasteiger charge is -2.13. The second-order valence-corrected chi connectivity index (χ2v) is 3.84. The maximum atomic E-state index is 12.8. The molecule has 0 heterocycles. The summed E-state index contributed by atoms with van der Waals surface area (Å²) in [6, 6.07) is 2.88. The Labute approximate surface area is 95.2 Å². The predicted molar refractivity (Wildman–Crippen MR) is 53.6 cm³/mol. The topological polar surface area (TPSA) is 26.0 Å². The van der Waals surface area contributed by atoms with E-state index in [-0.39, 0.29) is 11.4 Å². The molecule has 0 aliphatic carbocycles. The lowest BCUT2D eigenvalue weighted by molar-refractivity contribution is -0.136. The van der Waals surface area contributed by atoms with Gasteiger partial charge in [-0.15, -0.1) is 0 Å². The van der Waals surface area contributed by atoms with Crippen LogP contribution in [0.5, 0.6) is 0 Å². The lowest BCUT2D eigenvalue weighted by atomic mass is 10.0. The summed E-state index contributed by atoms with van der Waals surface area (Å²) in [5.74, 6) is -0.617. The minimum absolute atomic E-state index is 0.139. The van der Waals surface area contributed by atoms with E-state index in [4.69, 9.17) is 17.3 Å². The molecular weight excluding hydrogens is 246 g/mol. The largest absolute Gasteiger partial charge is 0.389 e. The summed E-state index contributed by atoms with van der Waals surface area (Å²) >= 11 is 5.50. The molecule has 0 aliphatic heterocycles. The molecule has 0 saturated carbocycles. The fraction of sp³-hybridized carbons (Fsp3) is 0.400. The third kappa shape index (κ3) is 3.98. The molecule has 2 N–H and O–H groups in total. The molecule has 0 unspecified atom stereocenters. The van der Waals surface area contributed by atoms with Crippen LogP contribution >= 0.6 is 11.6 Å². The number of hydrogen-bond acceptors (Lipinski definition) is 1. The van der Waals surface area contributed by atoms with Crippen molar-refractivity contribution >= 4 is 11.6 Å². The number of nitrogens with two attached hydrogens (primary N) is 1. The van der Waals surface area contributed by atoms with Crippen LogP contribution < -0.4 is 5.73 Å². The molecule has 0 radical (unpaired) electrons. The molecule has 6 heteroatoms. The highest BCUT2D eigenvalue weighted by molar-refractivity contribution is 6.30. The first-order valence-electron chi connectivity index (χ1n) is 4.57. The summed E-state index contributed by atoms with van der Waals surface area (Å²) in [4.78, 5) is 0. The summed E-state index contributed by atoms with van der Waals surface area (Å²) in [6.45, 7) is 0. The van der Waals surface area contributed by atoms with Crippen LogP contribution in [0.3, 0.4) is 0 Å². The van der Waals surface area contributed by atoms with Gasteiger partial charge in [0.05, 0.1) is 5.02 Å². The van der Waals surface area contributed by atoms with Crippen LogP contribution in [0.2, 0.25) is 5.02 Å². The average molecular weight is 256 g/mol. The Bertz CT molecular complexity index is 364. The van der Waals surface area contributed by atoms with E-state index in [0.29, 0.717) is 5.56 Å². The zero-order valence-corrected chi connectivity index (χ0v) is 8.95. The van der Waals surface area contributed by atoms with Crippen LogP contribution in [-0.2, 0) is 0 Å². The van der Waals surface area contributed by atoms with E-state index in [1.54, 1.807) is 0 Å². The van der Waals surface area contributed by atoms with Crippen molar-refractivity contribution in [1.82, 2.24) is 0 Å². The Morgan fingerprint density at radius 3 is 2.44 bits per heavy atom. The number of hydrogen-bond donors (Lipinski definition) is 1. The molecular formula is C10H10ClF4N. The van der Waals surface area contributed by atoms with Gasteiger partial charge in [0, 0.05) is 12.5 Å². The maximum Gasteiger partial charge on any atom is 0.389 e. The van der Waals surface area contributed by atoms with Gasteiger partial charge in [-0.25, -0.2) is 4.39 Å². The molecule has 1 aromatic carbocycles. The number of rotatable bonds is 3. The van der Waals surface area contributed by atoms with Crippen molar-refractivity contribution in [2.45, 2.75) is 25.1 Å². The summed E-state index contributed by atoms with van der Waals surface area (Å²) < 4.78 is 48.6. The van der Waals surface area contributed by atoms with Crippen LogP contribution in [0.1, 0.15) is 24.4 Å². The standard InChI is InChI=1S/C10H10ClF4N/c11-7-5-6(1-2-8(7)12)9(16)3-4-10(13,14)15/h1-2,5,9H,3-4,16H2/t9-/m1/s1. The Balaban J connectivity index is 2.66. The molecule has 1 nitrogen and oxygen atoms in total. The van der Waals surface area contributed by atoms with Gasteiger partial charge >= 0.3 is 6.18 Å². The second-order valence-electron chi connectivity index (χ2n) is 3.43. The zero-order valence-electron chi connectivity index (χ0n) is 8.19. The Hall–Kier alpha value is -0.810. The molecule has 1 rings (SSSR count). The fourth-order valence-corrected chi connectivity index (χ4v) is 1.42. The molecule has 0 spiro atoms. The average Bonchev–Trinajstić information content (AvgIpc) is 2.17. The van der Waals surface area contributed by atoms with Gasteiger partial charge < -0.3 is 5.73 Å². The molecule has 0 aliphatic rings. The highest BCUT2D eigenvalue weighted by Crippen LogP contribution is 2.27. The van der Waals surface area contributed by atoms with E-state index < -0.39 is 24.5 Å². The quantitative estimate of drug-likeness (QED) is 0.817. The molecule has 1 atom stereocenters. The van der Waals surface area contributed by atoms with Gasteiger partial charge in [-0.3, -0.25) is 0 Å². The Kier molecular flexibility index (Phi) is 4.15. The van der Waals surface area contributed by atoms with Crippen LogP contribution in [-0.4, -0.2) is 6.18 Å². The molecule has 16 heavy (non-hydrogen) atoms. The molecule has 0 fully saturated rings. The molecule has 0 bridgehead atoms. The predicted octanol–water partition coefficient (Wildman–Crippen LogP) is 3.82. The third-order valence-corrected chi connectivity index (χ3v) is 2.40.